The maximum absolute atomic E-state index is 8.50. The summed E-state index contributed by atoms with van der Waals surface area (Å²) in [6.07, 6.45) is -0.873. The van der Waals surface area contributed by atoms with Crippen molar-refractivity contribution in [2.45, 2.75) is 6.10 Å². The summed E-state index contributed by atoms with van der Waals surface area (Å²) in [4.78, 5) is 0. The zero-order valence-electron chi connectivity index (χ0n) is 4.45. The first-order valence-electron chi connectivity index (χ1n) is 2.28. The maximum atomic E-state index is 8.50. The van der Waals surface area contributed by atoms with Crippen molar-refractivity contribution in [2.24, 2.45) is 0 Å². The molecule has 1 atom stereocenters. The lowest BCUT2D eigenvalue weighted by Crippen LogP contribution is -2.20. The molecule has 0 spiro atoms. The Labute approximate surface area is 48.0 Å². The van der Waals surface area contributed by atoms with Crippen LogP contribution < -0.4 is 0 Å². The number of hydrogen-bond acceptors (Lipinski definition) is 4. The largest absolute Gasteiger partial charge is 0.435 e. The second-order valence-electron chi connectivity index (χ2n) is 1.34. The highest BCUT2D eigenvalue weighted by molar-refractivity contribution is 6.15. The van der Waals surface area contributed by atoms with Gasteiger partial charge in [-0.25, -0.2) is 0 Å². The zero-order chi connectivity index (χ0) is 6.41. The molecule has 0 aliphatic carbocycles. The highest BCUT2D eigenvalue weighted by Gasteiger charge is 1.99. The molecule has 0 radical (unpaired) electrons. The fourth-order valence-corrected chi connectivity index (χ4v) is 0.241. The second-order valence-corrected chi connectivity index (χ2v) is 1.34. The van der Waals surface area contributed by atoms with Crippen molar-refractivity contribution in [3.05, 3.63) is 0 Å². The van der Waals surface area contributed by atoms with E-state index in [2.05, 4.69) is 4.65 Å². The van der Waals surface area contributed by atoms with E-state index in [1.54, 1.807) is 0 Å². The Morgan fingerprint density at radius 1 is 1.62 bits per heavy atom. The molecule has 0 aliphatic rings. The van der Waals surface area contributed by atoms with Crippen LogP contribution in [-0.2, 0) is 4.65 Å². The van der Waals surface area contributed by atoms with E-state index in [1.807, 2.05) is 0 Å². The Balaban J connectivity index is 2.86. The van der Waals surface area contributed by atoms with Gasteiger partial charge in [-0.2, -0.15) is 0 Å². The summed E-state index contributed by atoms with van der Waals surface area (Å²) >= 11 is 0. The van der Waals surface area contributed by atoms with E-state index in [4.69, 9.17) is 15.2 Å². The molecule has 1 unspecified atom stereocenters. The third-order valence-corrected chi connectivity index (χ3v) is 0.612. The van der Waals surface area contributed by atoms with Crippen LogP contribution in [0.4, 0.5) is 0 Å². The van der Waals surface area contributed by atoms with Gasteiger partial charge >= 0.3 is 7.69 Å². The molecule has 0 rings (SSSR count). The van der Waals surface area contributed by atoms with E-state index in [1.165, 1.54) is 0 Å². The Hall–Kier alpha value is -0.0951. The smallest absolute Gasteiger partial charge is 0.430 e. The Morgan fingerprint density at radius 2 is 2.25 bits per heavy atom. The minimum atomic E-state index is -0.873. The van der Waals surface area contributed by atoms with E-state index >= 15 is 0 Å². The van der Waals surface area contributed by atoms with Crippen molar-refractivity contribution in [1.82, 2.24) is 0 Å². The van der Waals surface area contributed by atoms with Crippen molar-refractivity contribution in [3.63, 3.8) is 0 Å². The minimum Gasteiger partial charge on any atom is -0.430 e. The number of rotatable bonds is 4. The van der Waals surface area contributed by atoms with Gasteiger partial charge in [0, 0.05) is 0 Å². The van der Waals surface area contributed by atoms with Gasteiger partial charge in [-0.1, -0.05) is 0 Å². The lowest BCUT2D eigenvalue weighted by atomic mass is 10.3. The van der Waals surface area contributed by atoms with Gasteiger partial charge in [0.1, 0.15) is 0 Å². The summed E-state index contributed by atoms with van der Waals surface area (Å²) in [6, 6.07) is 0. The maximum Gasteiger partial charge on any atom is 0.435 e. The van der Waals surface area contributed by atoms with Crippen LogP contribution in [0.2, 0.25) is 0 Å². The molecule has 0 saturated heterocycles. The van der Waals surface area contributed by atoms with Gasteiger partial charge in [-0.15, -0.1) is 0 Å². The summed E-state index contributed by atoms with van der Waals surface area (Å²) in [5.74, 6) is 0. The molecule has 0 fully saturated rings. The van der Waals surface area contributed by atoms with Crippen LogP contribution in [0.1, 0.15) is 0 Å². The molecule has 0 aromatic carbocycles. The first kappa shape index (κ1) is 7.90. The van der Waals surface area contributed by atoms with Crippen LogP contribution in [0.5, 0.6) is 0 Å². The summed E-state index contributed by atoms with van der Waals surface area (Å²) in [7, 11) is -0.420. The molecular formula is C3H9BO4. The lowest BCUT2D eigenvalue weighted by molar-refractivity contribution is 0.0501. The van der Waals surface area contributed by atoms with E-state index in [-0.39, 0.29) is 13.2 Å². The molecule has 0 aliphatic heterocycles. The van der Waals surface area contributed by atoms with Gasteiger partial charge in [-0.05, 0) is 0 Å². The van der Waals surface area contributed by atoms with Crippen molar-refractivity contribution in [1.29, 1.82) is 0 Å². The molecule has 3 N–H and O–H groups in total. The van der Waals surface area contributed by atoms with E-state index in [9.17, 15) is 0 Å². The number of aliphatic hydroxyl groups is 2. The predicted molar refractivity (Wildman–Crippen MR) is 28.4 cm³/mol. The molecule has 48 valence electrons. The third-order valence-electron chi connectivity index (χ3n) is 0.612. The minimum absolute atomic E-state index is 0.0208. The number of hydrogen-bond donors (Lipinski definition) is 3. The zero-order valence-corrected chi connectivity index (χ0v) is 4.45. The van der Waals surface area contributed by atoms with Crippen LogP contribution in [0.15, 0.2) is 0 Å². The molecule has 5 heteroatoms. The standard InChI is InChI=1S/C3H9BO4/c5-1-3(6)2-8-4-7/h3-7H,1-2H2. The van der Waals surface area contributed by atoms with Crippen molar-refractivity contribution >= 4 is 7.69 Å². The van der Waals surface area contributed by atoms with Crippen molar-refractivity contribution in [3.8, 4) is 0 Å². The molecule has 0 aromatic rings. The second kappa shape index (κ2) is 5.05. The first-order valence-corrected chi connectivity index (χ1v) is 2.28. The summed E-state index contributed by atoms with van der Waals surface area (Å²) in [6.45, 7) is -0.354. The fourth-order valence-electron chi connectivity index (χ4n) is 0.241. The van der Waals surface area contributed by atoms with Crippen molar-refractivity contribution < 1.29 is 19.9 Å². The normalized spacial score (nSPS) is 13.4. The molecule has 4 nitrogen and oxygen atoms in total. The molecule has 0 heterocycles. The molecule has 0 amide bonds. The third kappa shape index (κ3) is 4.07. The summed E-state index contributed by atoms with van der Waals surface area (Å²) in [5.41, 5.74) is 0. The molecular weight excluding hydrogens is 111 g/mol. The monoisotopic (exact) mass is 120 g/mol. The molecule has 8 heavy (non-hydrogen) atoms. The van der Waals surface area contributed by atoms with Gasteiger partial charge < -0.3 is 19.9 Å². The Bertz CT molecular complexity index is 50.5. The van der Waals surface area contributed by atoms with Crippen LogP contribution in [0, 0.1) is 0 Å². The topological polar surface area (TPSA) is 69.9 Å². The average molecular weight is 120 g/mol. The highest BCUT2D eigenvalue weighted by atomic mass is 16.5. The average Bonchev–Trinajstić information content (AvgIpc) is 1.83. The van der Waals surface area contributed by atoms with Crippen LogP contribution in [-0.4, -0.2) is 42.2 Å². The van der Waals surface area contributed by atoms with Crippen LogP contribution in [0.25, 0.3) is 0 Å². The van der Waals surface area contributed by atoms with Crippen LogP contribution >= 0.6 is 0 Å². The summed E-state index contributed by atoms with van der Waals surface area (Å²) < 4.78 is 4.33. The Kier molecular flexibility index (Phi) is 4.99. The number of aliphatic hydroxyl groups excluding tert-OH is 2. The SMILES string of the molecule is OBOCC(O)CO. The fraction of sp³-hybridized carbons (Fsp3) is 1.00. The van der Waals surface area contributed by atoms with Crippen LogP contribution in [0.3, 0.4) is 0 Å². The van der Waals surface area contributed by atoms with Gasteiger partial charge in [0.2, 0.25) is 0 Å². The molecule has 0 saturated carbocycles. The van der Waals surface area contributed by atoms with Gasteiger partial charge in [0.05, 0.1) is 19.3 Å². The lowest BCUT2D eigenvalue weighted by Gasteiger charge is -2.03. The van der Waals surface area contributed by atoms with E-state index in [0.29, 0.717) is 0 Å². The summed E-state index contributed by atoms with van der Waals surface area (Å²) in [5, 5.41) is 24.6. The molecule has 0 bridgehead atoms. The Morgan fingerprint density at radius 3 is 2.62 bits per heavy atom. The quantitative estimate of drug-likeness (QED) is 0.362. The first-order chi connectivity index (χ1) is 3.81. The van der Waals surface area contributed by atoms with Gasteiger partial charge in [0.15, 0.2) is 0 Å². The van der Waals surface area contributed by atoms with Gasteiger partial charge in [-0.3, -0.25) is 0 Å². The van der Waals surface area contributed by atoms with E-state index < -0.39 is 13.8 Å². The van der Waals surface area contributed by atoms with Crippen molar-refractivity contribution in [2.75, 3.05) is 13.2 Å². The highest BCUT2D eigenvalue weighted by Crippen LogP contribution is 1.79. The van der Waals surface area contributed by atoms with E-state index in [0.717, 1.165) is 0 Å². The molecule has 0 aromatic heterocycles. The predicted octanol–water partition coefficient (Wildman–Crippen LogP) is -2.38. The van der Waals surface area contributed by atoms with Gasteiger partial charge in [0.25, 0.3) is 0 Å².